The second-order valence-electron chi connectivity index (χ2n) is 5.57. The van der Waals surface area contributed by atoms with Crippen LogP contribution in [0.2, 0.25) is 0 Å². The van der Waals surface area contributed by atoms with Crippen LogP contribution in [0.15, 0.2) is 46.9 Å². The van der Waals surface area contributed by atoms with E-state index in [2.05, 4.69) is 15.5 Å². The predicted octanol–water partition coefficient (Wildman–Crippen LogP) is 2.75. The molecule has 2 amide bonds. The maximum absolute atomic E-state index is 13.7. The van der Waals surface area contributed by atoms with Crippen molar-refractivity contribution in [1.82, 2.24) is 14.8 Å². The summed E-state index contributed by atoms with van der Waals surface area (Å²) in [7, 11) is 0. The molecule has 1 atom stereocenters. The number of hydrogen-bond donors (Lipinski definition) is 2. The summed E-state index contributed by atoms with van der Waals surface area (Å²) in [4.78, 5) is 24.7. The third-order valence-electron chi connectivity index (χ3n) is 3.56. The van der Waals surface area contributed by atoms with E-state index in [9.17, 15) is 14.0 Å². The fraction of sp³-hybridized carbons (Fsp3) is 0.176. The van der Waals surface area contributed by atoms with Crippen molar-refractivity contribution in [3.8, 4) is 10.7 Å². The van der Waals surface area contributed by atoms with E-state index in [1.807, 2.05) is 17.5 Å². The number of halogens is 1. The van der Waals surface area contributed by atoms with Crippen LogP contribution < -0.4 is 11.1 Å². The van der Waals surface area contributed by atoms with Gasteiger partial charge in [0.25, 0.3) is 0 Å². The highest BCUT2D eigenvalue weighted by Gasteiger charge is 2.22. The number of nitrogens with one attached hydrogen (secondary N) is 1. The zero-order valence-corrected chi connectivity index (χ0v) is 15.9. The molecule has 0 saturated heterocycles. The molecule has 2 aromatic heterocycles. The van der Waals surface area contributed by atoms with Crippen LogP contribution in [0.5, 0.6) is 0 Å². The molecule has 1 aromatic carbocycles. The van der Waals surface area contributed by atoms with E-state index in [4.69, 9.17) is 5.73 Å². The Bertz CT molecular complexity index is 958. The van der Waals surface area contributed by atoms with Gasteiger partial charge >= 0.3 is 0 Å². The van der Waals surface area contributed by atoms with Crippen molar-refractivity contribution < 1.29 is 14.0 Å². The normalized spacial score (nSPS) is 11.9. The molecule has 0 unspecified atom stereocenters. The number of carbonyl (C=O) groups is 2. The van der Waals surface area contributed by atoms with Crippen molar-refractivity contribution in [1.29, 1.82) is 0 Å². The van der Waals surface area contributed by atoms with E-state index in [1.54, 1.807) is 23.6 Å². The highest BCUT2D eigenvalue weighted by Crippen LogP contribution is 2.29. The van der Waals surface area contributed by atoms with Gasteiger partial charge in [-0.05, 0) is 30.5 Å². The first-order valence-electron chi connectivity index (χ1n) is 7.93. The summed E-state index contributed by atoms with van der Waals surface area (Å²) in [6.07, 6.45) is 0. The molecule has 3 N–H and O–H groups in total. The van der Waals surface area contributed by atoms with E-state index in [0.717, 1.165) is 16.6 Å². The zero-order valence-electron chi connectivity index (χ0n) is 14.3. The molecule has 140 valence electrons. The zero-order chi connectivity index (χ0) is 19.4. The average Bonchev–Trinajstić information content (AvgIpc) is 3.27. The van der Waals surface area contributed by atoms with Crippen LogP contribution in [-0.4, -0.2) is 31.8 Å². The number of amides is 2. The minimum Gasteiger partial charge on any atom is -0.368 e. The Hall–Kier alpha value is -2.72. The van der Waals surface area contributed by atoms with Crippen molar-refractivity contribution in [3.63, 3.8) is 0 Å². The molecular weight excluding hydrogens is 389 g/mol. The lowest BCUT2D eigenvalue weighted by atomic mass is 10.3. The molecule has 0 saturated carbocycles. The van der Waals surface area contributed by atoms with Crippen LogP contribution in [0.25, 0.3) is 10.7 Å². The number of rotatable bonds is 7. The summed E-state index contributed by atoms with van der Waals surface area (Å²) in [5.41, 5.74) is 5.45. The standard InChI is InChI=1S/C17H16FN5O2S2/c1-10(16(25)20-12-6-3-2-5-11(12)18)27-17-22-21-15(13-7-4-8-26-13)23(17)9-14(19)24/h2-8,10H,9H2,1H3,(H2,19,24)(H,20,25)/t10-/m1/s1. The maximum atomic E-state index is 13.7. The summed E-state index contributed by atoms with van der Waals surface area (Å²) < 4.78 is 15.3. The molecule has 0 aliphatic heterocycles. The molecule has 3 rings (SSSR count). The third-order valence-corrected chi connectivity index (χ3v) is 5.50. The molecule has 27 heavy (non-hydrogen) atoms. The van der Waals surface area contributed by atoms with Gasteiger partial charge in [-0.15, -0.1) is 21.5 Å². The van der Waals surface area contributed by atoms with Crippen LogP contribution in [0.4, 0.5) is 10.1 Å². The third kappa shape index (κ3) is 4.52. The quantitative estimate of drug-likeness (QED) is 0.589. The Morgan fingerprint density at radius 2 is 2.07 bits per heavy atom. The number of aromatic nitrogens is 3. The topological polar surface area (TPSA) is 103 Å². The second kappa shape index (κ2) is 8.31. The molecular formula is C17H16FN5O2S2. The number of nitrogens with two attached hydrogens (primary N) is 1. The fourth-order valence-corrected chi connectivity index (χ4v) is 3.84. The Kier molecular flexibility index (Phi) is 5.87. The van der Waals surface area contributed by atoms with Crippen LogP contribution in [0, 0.1) is 5.82 Å². The SMILES string of the molecule is C[C@@H](Sc1nnc(-c2cccs2)n1CC(N)=O)C(=O)Nc1ccccc1F. The fourth-order valence-electron chi connectivity index (χ4n) is 2.27. The molecule has 0 radical (unpaired) electrons. The highest BCUT2D eigenvalue weighted by molar-refractivity contribution is 8.00. The number of carbonyl (C=O) groups excluding carboxylic acids is 2. The summed E-state index contributed by atoms with van der Waals surface area (Å²) in [6, 6.07) is 9.64. The summed E-state index contributed by atoms with van der Waals surface area (Å²) in [5, 5.41) is 12.4. The number of primary amides is 1. The number of nitrogens with zero attached hydrogens (tertiary/aromatic N) is 3. The first kappa shape index (κ1) is 19.1. The predicted molar refractivity (Wildman–Crippen MR) is 103 cm³/mol. The number of para-hydroxylation sites is 1. The van der Waals surface area contributed by atoms with Gasteiger partial charge in [0.1, 0.15) is 12.4 Å². The molecule has 10 heteroatoms. The van der Waals surface area contributed by atoms with Gasteiger partial charge in [0.15, 0.2) is 11.0 Å². The van der Waals surface area contributed by atoms with Crippen molar-refractivity contribution in [2.45, 2.75) is 23.9 Å². The Morgan fingerprint density at radius 1 is 1.30 bits per heavy atom. The number of thioether (sulfide) groups is 1. The number of thiophene rings is 1. The first-order valence-corrected chi connectivity index (χ1v) is 9.69. The van der Waals surface area contributed by atoms with E-state index in [1.165, 1.54) is 23.5 Å². The molecule has 0 spiro atoms. The van der Waals surface area contributed by atoms with Crippen LogP contribution >= 0.6 is 23.1 Å². The van der Waals surface area contributed by atoms with Gasteiger partial charge in [0.05, 0.1) is 15.8 Å². The molecule has 0 bridgehead atoms. The van der Waals surface area contributed by atoms with E-state index < -0.39 is 22.9 Å². The van der Waals surface area contributed by atoms with Gasteiger partial charge in [0.2, 0.25) is 11.8 Å². The van der Waals surface area contributed by atoms with Gasteiger partial charge in [-0.1, -0.05) is 30.0 Å². The Balaban J connectivity index is 1.79. The van der Waals surface area contributed by atoms with Crippen LogP contribution in [0.1, 0.15) is 6.92 Å². The summed E-state index contributed by atoms with van der Waals surface area (Å²) >= 11 is 2.57. The van der Waals surface area contributed by atoms with Gasteiger partial charge in [-0.3, -0.25) is 14.2 Å². The lowest BCUT2D eigenvalue weighted by Gasteiger charge is -2.13. The van der Waals surface area contributed by atoms with E-state index in [-0.39, 0.29) is 12.2 Å². The van der Waals surface area contributed by atoms with Gasteiger partial charge < -0.3 is 11.1 Å². The molecule has 7 nitrogen and oxygen atoms in total. The largest absolute Gasteiger partial charge is 0.368 e. The molecule has 0 aliphatic rings. The number of benzene rings is 1. The minimum atomic E-state index is -0.600. The van der Waals surface area contributed by atoms with Gasteiger partial charge in [-0.2, -0.15) is 0 Å². The summed E-state index contributed by atoms with van der Waals surface area (Å²) in [6.45, 7) is 1.55. The van der Waals surface area contributed by atoms with E-state index >= 15 is 0 Å². The summed E-state index contributed by atoms with van der Waals surface area (Å²) in [5.74, 6) is -0.942. The lowest BCUT2D eigenvalue weighted by Crippen LogP contribution is -2.24. The average molecular weight is 405 g/mol. The number of anilines is 1. The lowest BCUT2D eigenvalue weighted by molar-refractivity contribution is -0.118. The van der Waals surface area contributed by atoms with Crippen LogP contribution in [-0.2, 0) is 16.1 Å². The van der Waals surface area contributed by atoms with Gasteiger partial charge in [0, 0.05) is 0 Å². The van der Waals surface area contributed by atoms with Crippen molar-refractivity contribution >= 4 is 40.6 Å². The monoisotopic (exact) mass is 405 g/mol. The Morgan fingerprint density at radius 3 is 2.74 bits per heavy atom. The van der Waals surface area contributed by atoms with E-state index in [0.29, 0.717) is 11.0 Å². The van der Waals surface area contributed by atoms with Gasteiger partial charge in [-0.25, -0.2) is 4.39 Å². The Labute approximate surface area is 162 Å². The van der Waals surface area contributed by atoms with Crippen molar-refractivity contribution in [2.24, 2.45) is 5.73 Å². The second-order valence-corrected chi connectivity index (χ2v) is 7.82. The first-order chi connectivity index (χ1) is 13.0. The minimum absolute atomic E-state index is 0.104. The smallest absolute Gasteiger partial charge is 0.237 e. The van der Waals surface area contributed by atoms with Crippen molar-refractivity contribution in [3.05, 3.63) is 47.6 Å². The molecule has 3 aromatic rings. The molecule has 0 aliphatic carbocycles. The molecule has 0 fully saturated rings. The molecule has 2 heterocycles. The van der Waals surface area contributed by atoms with Crippen LogP contribution in [0.3, 0.4) is 0 Å². The maximum Gasteiger partial charge on any atom is 0.237 e. The van der Waals surface area contributed by atoms with Crippen molar-refractivity contribution in [2.75, 3.05) is 5.32 Å². The highest BCUT2D eigenvalue weighted by atomic mass is 32.2. The number of hydrogen-bond acceptors (Lipinski definition) is 6.